The number of rotatable bonds is 3. The highest BCUT2D eigenvalue weighted by molar-refractivity contribution is 5.91. The zero-order chi connectivity index (χ0) is 23.0. The number of nitrogens with zero attached hydrogens (tertiary/aromatic N) is 5. The van der Waals surface area contributed by atoms with E-state index in [9.17, 15) is 35.9 Å². The van der Waals surface area contributed by atoms with Gasteiger partial charge in [0.2, 0.25) is 5.91 Å². The molecule has 0 bridgehead atoms. The number of benzene rings is 1. The molecule has 2 heterocycles. The number of carbonyl (C=O) groups is 2. The van der Waals surface area contributed by atoms with Gasteiger partial charge >= 0.3 is 12.4 Å². The minimum absolute atomic E-state index is 0.00981. The van der Waals surface area contributed by atoms with Crippen LogP contribution in [0, 0.1) is 0 Å². The molecule has 1 aromatic heterocycles. The van der Waals surface area contributed by atoms with E-state index < -0.39 is 35.0 Å². The van der Waals surface area contributed by atoms with Gasteiger partial charge in [-0.05, 0) is 24.6 Å². The van der Waals surface area contributed by atoms with Gasteiger partial charge in [0.05, 0.1) is 11.1 Å². The summed E-state index contributed by atoms with van der Waals surface area (Å²) in [6.07, 6.45) is -6.17. The fraction of sp³-hybridized carbons (Fsp3) is 0.333. The number of aromatic nitrogens is 3. The van der Waals surface area contributed by atoms with E-state index in [0.29, 0.717) is 31.6 Å². The van der Waals surface area contributed by atoms with Crippen LogP contribution in [-0.4, -0.2) is 49.7 Å². The number of halogens is 6. The predicted octanol–water partition coefficient (Wildman–Crippen LogP) is 3.45. The van der Waals surface area contributed by atoms with E-state index in [1.165, 1.54) is 16.9 Å². The zero-order valence-corrected chi connectivity index (χ0v) is 15.9. The van der Waals surface area contributed by atoms with E-state index >= 15 is 0 Å². The number of hydrazine groups is 1. The van der Waals surface area contributed by atoms with Crippen LogP contribution in [0.15, 0.2) is 30.6 Å². The molecule has 1 aromatic carbocycles. The summed E-state index contributed by atoms with van der Waals surface area (Å²) >= 11 is 0. The quantitative estimate of drug-likeness (QED) is 0.534. The molecule has 0 saturated carbocycles. The topological polar surface area (TPSA) is 71.3 Å². The molecule has 7 nitrogen and oxygen atoms in total. The second kappa shape index (κ2) is 8.04. The van der Waals surface area contributed by atoms with Gasteiger partial charge in [-0.25, -0.2) is 14.7 Å². The Kier molecular flexibility index (Phi) is 5.79. The van der Waals surface area contributed by atoms with Crippen LogP contribution in [-0.2, 0) is 21.9 Å². The summed E-state index contributed by atoms with van der Waals surface area (Å²) in [5.74, 6) is -1.24. The number of carbonyl (C=O) groups excluding carboxylic acids is 2. The van der Waals surface area contributed by atoms with Gasteiger partial charge in [-0.3, -0.25) is 14.6 Å². The molecule has 3 rings (SSSR count). The van der Waals surface area contributed by atoms with Gasteiger partial charge in [0.1, 0.15) is 6.33 Å². The van der Waals surface area contributed by atoms with Crippen molar-refractivity contribution in [1.82, 2.24) is 24.8 Å². The Labute approximate surface area is 171 Å². The van der Waals surface area contributed by atoms with Crippen LogP contribution in [0.1, 0.15) is 24.5 Å². The van der Waals surface area contributed by atoms with Crippen molar-refractivity contribution < 1.29 is 35.9 Å². The van der Waals surface area contributed by atoms with Gasteiger partial charge in [-0.15, -0.1) is 5.10 Å². The molecule has 1 saturated heterocycles. The maximum atomic E-state index is 13.0. The lowest BCUT2D eigenvalue weighted by molar-refractivity contribution is -0.153. The van der Waals surface area contributed by atoms with Gasteiger partial charge in [-0.2, -0.15) is 26.3 Å². The van der Waals surface area contributed by atoms with Crippen molar-refractivity contribution in [3.63, 3.8) is 0 Å². The van der Waals surface area contributed by atoms with Crippen molar-refractivity contribution in [1.29, 1.82) is 0 Å². The van der Waals surface area contributed by atoms with Crippen LogP contribution < -0.4 is 0 Å². The van der Waals surface area contributed by atoms with Crippen LogP contribution in [0.4, 0.5) is 26.3 Å². The molecule has 13 heteroatoms. The second-order valence-corrected chi connectivity index (χ2v) is 6.62. The van der Waals surface area contributed by atoms with Crippen LogP contribution in [0.5, 0.6) is 0 Å². The van der Waals surface area contributed by atoms with Gasteiger partial charge in [-0.1, -0.05) is 0 Å². The van der Waals surface area contributed by atoms with E-state index in [0.717, 1.165) is 23.3 Å². The Morgan fingerprint density at radius 1 is 0.968 bits per heavy atom. The molecule has 0 aliphatic carbocycles. The molecule has 2 amide bonds. The van der Waals surface area contributed by atoms with Crippen LogP contribution in [0.2, 0.25) is 0 Å². The maximum absolute atomic E-state index is 13.0. The molecular weight excluding hydrogens is 432 g/mol. The largest absolute Gasteiger partial charge is 0.416 e. The lowest BCUT2D eigenvalue weighted by atomic mass is 10.0. The monoisotopic (exact) mass is 447 g/mol. The summed E-state index contributed by atoms with van der Waals surface area (Å²) in [7, 11) is 0. The van der Waals surface area contributed by atoms with Crippen LogP contribution >= 0.6 is 0 Å². The highest BCUT2D eigenvalue weighted by Crippen LogP contribution is 2.38. The third kappa shape index (κ3) is 5.03. The Balaban J connectivity index is 1.86. The van der Waals surface area contributed by atoms with Gasteiger partial charge in [0, 0.05) is 37.9 Å². The summed E-state index contributed by atoms with van der Waals surface area (Å²) < 4.78 is 79.0. The molecule has 1 fully saturated rings. The first-order valence-electron chi connectivity index (χ1n) is 8.85. The fourth-order valence-corrected chi connectivity index (χ4v) is 2.96. The first kappa shape index (κ1) is 22.3. The first-order chi connectivity index (χ1) is 14.4. The second-order valence-electron chi connectivity index (χ2n) is 6.62. The molecule has 1 aliphatic heterocycles. The Bertz CT molecular complexity index is 995. The summed E-state index contributed by atoms with van der Waals surface area (Å²) in [4.78, 5) is 27.5. The highest BCUT2D eigenvalue weighted by Gasteiger charge is 2.37. The SMILES string of the molecule is CC(=O)N1CCCN1C(=O)/C=C\n1cnc(-c2cc(C(F)(F)F)cc(C(F)(F)F)c2)n1. The Morgan fingerprint density at radius 2 is 1.55 bits per heavy atom. The third-order valence-corrected chi connectivity index (χ3v) is 4.37. The molecular formula is C18H15F6N5O2. The third-order valence-electron chi connectivity index (χ3n) is 4.37. The zero-order valence-electron chi connectivity index (χ0n) is 15.9. The van der Waals surface area contributed by atoms with Gasteiger partial charge in [0.15, 0.2) is 5.82 Å². The van der Waals surface area contributed by atoms with Crippen molar-refractivity contribution in [3.05, 3.63) is 41.7 Å². The average Bonchev–Trinajstić information content (AvgIpc) is 3.34. The molecule has 1 aliphatic rings. The standard InChI is InChI=1S/C18H15F6N5O2/c1-11(30)28-4-2-5-29(28)15(31)3-6-27-10-25-16(26-27)12-7-13(17(19,20)21)9-14(8-12)18(22,23)24/h3,6-10H,2,4-5H2,1H3/b6-3-. The molecule has 2 aromatic rings. The Hall–Kier alpha value is -3.38. The van der Waals surface area contributed by atoms with Gasteiger partial charge < -0.3 is 0 Å². The lowest BCUT2D eigenvalue weighted by Gasteiger charge is -2.25. The van der Waals surface area contributed by atoms with Crippen molar-refractivity contribution in [3.8, 4) is 11.4 Å². The molecule has 0 spiro atoms. The molecule has 166 valence electrons. The van der Waals surface area contributed by atoms with E-state index in [2.05, 4.69) is 10.1 Å². The van der Waals surface area contributed by atoms with Crippen molar-refractivity contribution in [2.24, 2.45) is 0 Å². The summed E-state index contributed by atoms with van der Waals surface area (Å²) in [5.41, 5.74) is -3.46. The van der Waals surface area contributed by atoms with Crippen molar-refractivity contribution in [2.45, 2.75) is 25.7 Å². The molecule has 0 radical (unpaired) electrons. The summed E-state index contributed by atoms with van der Waals surface area (Å²) in [5, 5.41) is 6.30. The highest BCUT2D eigenvalue weighted by atomic mass is 19.4. The van der Waals surface area contributed by atoms with Crippen molar-refractivity contribution in [2.75, 3.05) is 13.1 Å². The van der Waals surface area contributed by atoms with E-state index in [1.54, 1.807) is 0 Å². The smallest absolute Gasteiger partial charge is 0.273 e. The number of alkyl halides is 6. The molecule has 31 heavy (non-hydrogen) atoms. The fourth-order valence-electron chi connectivity index (χ4n) is 2.96. The summed E-state index contributed by atoms with van der Waals surface area (Å²) in [6, 6.07) is 1.04. The normalized spacial score (nSPS) is 15.2. The minimum atomic E-state index is -5.00. The predicted molar refractivity (Wildman–Crippen MR) is 94.5 cm³/mol. The molecule has 0 N–H and O–H groups in total. The molecule has 0 unspecified atom stereocenters. The average molecular weight is 447 g/mol. The van der Waals surface area contributed by atoms with Crippen molar-refractivity contribution >= 4 is 18.0 Å². The Morgan fingerprint density at radius 3 is 2.10 bits per heavy atom. The number of hydrogen-bond donors (Lipinski definition) is 0. The van der Waals surface area contributed by atoms with E-state index in [-0.39, 0.29) is 17.8 Å². The van der Waals surface area contributed by atoms with E-state index in [1.807, 2.05) is 0 Å². The van der Waals surface area contributed by atoms with Crippen LogP contribution in [0.3, 0.4) is 0 Å². The minimum Gasteiger partial charge on any atom is -0.273 e. The summed E-state index contributed by atoms with van der Waals surface area (Å²) in [6.45, 7) is 2.03. The maximum Gasteiger partial charge on any atom is 0.416 e. The number of hydrogen-bond acceptors (Lipinski definition) is 4. The number of amides is 2. The first-order valence-corrected chi connectivity index (χ1v) is 8.85. The lowest BCUT2D eigenvalue weighted by Crippen LogP contribution is -2.43. The van der Waals surface area contributed by atoms with Crippen LogP contribution in [0.25, 0.3) is 17.6 Å². The van der Waals surface area contributed by atoms with Gasteiger partial charge in [0.25, 0.3) is 5.91 Å². The molecule has 0 atom stereocenters. The van der Waals surface area contributed by atoms with E-state index in [4.69, 9.17) is 0 Å².